The van der Waals surface area contributed by atoms with Gasteiger partial charge in [-0.3, -0.25) is 4.79 Å². The first-order chi connectivity index (χ1) is 8.95. The van der Waals surface area contributed by atoms with Gasteiger partial charge in [0.15, 0.2) is 0 Å². The summed E-state index contributed by atoms with van der Waals surface area (Å²) in [7, 11) is 0. The van der Waals surface area contributed by atoms with Crippen molar-refractivity contribution in [1.82, 2.24) is 0 Å². The second-order valence-corrected chi connectivity index (χ2v) is 4.18. The van der Waals surface area contributed by atoms with Crippen LogP contribution in [0.1, 0.15) is 19.4 Å². The third-order valence-electron chi connectivity index (χ3n) is 2.84. The molecular weight excluding hydrogens is 246 g/mol. The molecule has 0 spiro atoms. The molecule has 1 aromatic rings. The molecule has 0 aliphatic heterocycles. The Kier molecular flexibility index (Phi) is 5.26. The van der Waals surface area contributed by atoms with Crippen LogP contribution in [0.5, 0.6) is 0 Å². The lowest BCUT2D eigenvalue weighted by molar-refractivity contribution is -0.133. The van der Waals surface area contributed by atoms with Gasteiger partial charge in [0, 0.05) is 23.4 Å². The number of amides is 1. The van der Waals surface area contributed by atoms with Gasteiger partial charge in [-0.1, -0.05) is 12.1 Å². The highest BCUT2D eigenvalue weighted by Crippen LogP contribution is 2.12. The highest BCUT2D eigenvalue weighted by Gasteiger charge is 2.12. The number of aliphatic carboxylic acids is 1. The predicted molar refractivity (Wildman–Crippen MR) is 71.9 cm³/mol. The fourth-order valence-electron chi connectivity index (χ4n) is 1.44. The van der Waals surface area contributed by atoms with E-state index in [0.29, 0.717) is 12.1 Å². The van der Waals surface area contributed by atoms with Gasteiger partial charge in [-0.05, 0) is 38.0 Å². The Hall–Kier alpha value is -2.14. The summed E-state index contributed by atoms with van der Waals surface area (Å²) < 4.78 is 0. The van der Waals surface area contributed by atoms with Crippen LogP contribution in [0.25, 0.3) is 0 Å². The Bertz CT molecular complexity index is 503. The zero-order valence-corrected chi connectivity index (χ0v) is 10.9. The Balaban J connectivity index is 2.77. The van der Waals surface area contributed by atoms with E-state index >= 15 is 0 Å². The summed E-state index contributed by atoms with van der Waals surface area (Å²) in [4.78, 5) is 22.5. The number of aliphatic hydroxyl groups excluding tert-OH is 1. The molecule has 3 N–H and O–H groups in total. The molecule has 0 saturated carbocycles. The van der Waals surface area contributed by atoms with Gasteiger partial charge < -0.3 is 15.5 Å². The first-order valence-corrected chi connectivity index (χ1v) is 5.87. The van der Waals surface area contributed by atoms with E-state index in [1.807, 2.05) is 0 Å². The van der Waals surface area contributed by atoms with E-state index in [4.69, 9.17) is 10.2 Å². The molecule has 0 radical (unpaired) electrons. The molecule has 0 aromatic heterocycles. The number of carbonyl (C=O) groups excluding carboxylic acids is 1. The topological polar surface area (TPSA) is 86.6 Å². The summed E-state index contributed by atoms with van der Waals surface area (Å²) in [5.41, 5.74) is 1.75. The molecule has 0 fully saturated rings. The minimum Gasteiger partial charge on any atom is -0.478 e. The molecule has 0 atom stereocenters. The maximum atomic E-state index is 11.8. The van der Waals surface area contributed by atoms with Gasteiger partial charge in [-0.25, -0.2) is 4.79 Å². The van der Waals surface area contributed by atoms with Crippen molar-refractivity contribution in [2.45, 2.75) is 20.3 Å². The summed E-state index contributed by atoms with van der Waals surface area (Å²) >= 11 is 0. The van der Waals surface area contributed by atoms with Crippen LogP contribution in [0, 0.1) is 0 Å². The zero-order valence-electron chi connectivity index (χ0n) is 10.9. The standard InChI is InChI=1S/C14H17NO4/c1-9(10(2)14(18)19)13(17)15-12-5-3-11(4-6-12)7-8-16/h3-6,16H,7-8H2,1-2H3,(H,15,17)(H,18,19). The van der Waals surface area contributed by atoms with Crippen molar-refractivity contribution < 1.29 is 19.8 Å². The minimum absolute atomic E-state index is 0.0226. The van der Waals surface area contributed by atoms with Crippen LogP contribution in [0.2, 0.25) is 0 Å². The molecule has 5 heteroatoms. The Morgan fingerprint density at radius 1 is 1.11 bits per heavy atom. The molecule has 0 aliphatic carbocycles. The smallest absolute Gasteiger partial charge is 0.331 e. The third kappa shape index (κ3) is 4.22. The average molecular weight is 263 g/mol. The number of carbonyl (C=O) groups is 2. The van der Waals surface area contributed by atoms with E-state index < -0.39 is 11.9 Å². The normalized spacial score (nSPS) is 11.7. The monoisotopic (exact) mass is 263 g/mol. The Labute approximate surface area is 111 Å². The molecule has 1 amide bonds. The number of anilines is 1. The van der Waals surface area contributed by atoms with Gasteiger partial charge in [0.05, 0.1) is 0 Å². The lowest BCUT2D eigenvalue weighted by atomic mass is 10.1. The van der Waals surface area contributed by atoms with Crippen LogP contribution < -0.4 is 5.32 Å². The lowest BCUT2D eigenvalue weighted by Gasteiger charge is -2.07. The molecule has 19 heavy (non-hydrogen) atoms. The van der Waals surface area contributed by atoms with Crippen molar-refractivity contribution in [2.75, 3.05) is 11.9 Å². The molecule has 0 saturated heterocycles. The number of hydrogen-bond acceptors (Lipinski definition) is 3. The lowest BCUT2D eigenvalue weighted by Crippen LogP contribution is -2.16. The van der Waals surface area contributed by atoms with Crippen molar-refractivity contribution in [3.05, 3.63) is 41.0 Å². The molecule has 0 aliphatic rings. The maximum absolute atomic E-state index is 11.8. The van der Waals surface area contributed by atoms with Gasteiger partial charge in [0.2, 0.25) is 0 Å². The fourth-order valence-corrected chi connectivity index (χ4v) is 1.44. The largest absolute Gasteiger partial charge is 0.478 e. The number of aliphatic hydroxyl groups is 1. The van der Waals surface area contributed by atoms with Gasteiger partial charge >= 0.3 is 5.97 Å². The highest BCUT2D eigenvalue weighted by atomic mass is 16.4. The van der Waals surface area contributed by atoms with Gasteiger partial charge in [-0.2, -0.15) is 0 Å². The highest BCUT2D eigenvalue weighted by molar-refractivity contribution is 6.08. The Morgan fingerprint density at radius 2 is 1.68 bits per heavy atom. The summed E-state index contributed by atoms with van der Waals surface area (Å²) in [6, 6.07) is 7.03. The minimum atomic E-state index is -1.11. The summed E-state index contributed by atoms with van der Waals surface area (Å²) in [6.45, 7) is 2.94. The molecule has 102 valence electrons. The van der Waals surface area contributed by atoms with Gasteiger partial charge in [-0.15, -0.1) is 0 Å². The second kappa shape index (κ2) is 6.70. The van der Waals surface area contributed by atoms with Crippen LogP contribution in [0.4, 0.5) is 5.69 Å². The summed E-state index contributed by atoms with van der Waals surface area (Å²) in [5.74, 6) is -1.54. The molecular formula is C14H17NO4. The van der Waals surface area contributed by atoms with Crippen LogP contribution in [0.15, 0.2) is 35.4 Å². The number of hydrogen-bond donors (Lipinski definition) is 3. The molecule has 1 aromatic carbocycles. The number of nitrogens with one attached hydrogen (secondary N) is 1. The van der Waals surface area contributed by atoms with Crippen molar-refractivity contribution in [2.24, 2.45) is 0 Å². The Morgan fingerprint density at radius 3 is 2.16 bits per heavy atom. The first kappa shape index (κ1) is 14.9. The van der Waals surface area contributed by atoms with Crippen molar-refractivity contribution in [1.29, 1.82) is 0 Å². The first-order valence-electron chi connectivity index (χ1n) is 5.87. The van der Waals surface area contributed by atoms with E-state index in [1.165, 1.54) is 13.8 Å². The van der Waals surface area contributed by atoms with Crippen LogP contribution in [-0.4, -0.2) is 28.7 Å². The molecule has 0 heterocycles. The van der Waals surface area contributed by atoms with E-state index in [9.17, 15) is 9.59 Å². The van der Waals surface area contributed by atoms with Crippen LogP contribution >= 0.6 is 0 Å². The average Bonchev–Trinajstić information content (AvgIpc) is 2.39. The number of carboxylic acid groups (broad SMARTS) is 1. The van der Waals surface area contributed by atoms with Gasteiger partial charge in [0.25, 0.3) is 5.91 Å². The summed E-state index contributed by atoms with van der Waals surface area (Å²) in [5, 5.41) is 20.2. The van der Waals surface area contributed by atoms with Crippen molar-refractivity contribution in [3.63, 3.8) is 0 Å². The number of benzene rings is 1. The maximum Gasteiger partial charge on any atom is 0.331 e. The van der Waals surface area contributed by atoms with Crippen molar-refractivity contribution in [3.8, 4) is 0 Å². The predicted octanol–water partition coefficient (Wildman–Crippen LogP) is 1.58. The summed E-state index contributed by atoms with van der Waals surface area (Å²) in [6.07, 6.45) is 0.561. The molecule has 5 nitrogen and oxygen atoms in total. The van der Waals surface area contributed by atoms with Crippen LogP contribution in [0.3, 0.4) is 0 Å². The molecule has 0 bridgehead atoms. The van der Waals surface area contributed by atoms with Crippen molar-refractivity contribution >= 4 is 17.6 Å². The number of carboxylic acids is 1. The van der Waals surface area contributed by atoms with Crippen LogP contribution in [-0.2, 0) is 16.0 Å². The third-order valence-corrected chi connectivity index (χ3v) is 2.84. The SMILES string of the molecule is CC(C(=O)O)=C(C)C(=O)Nc1ccc(CCO)cc1. The van der Waals surface area contributed by atoms with E-state index in [-0.39, 0.29) is 17.8 Å². The molecule has 0 unspecified atom stereocenters. The van der Waals surface area contributed by atoms with E-state index in [1.54, 1.807) is 24.3 Å². The number of rotatable bonds is 5. The molecule has 1 rings (SSSR count). The van der Waals surface area contributed by atoms with E-state index in [0.717, 1.165) is 5.56 Å². The fraction of sp³-hybridized carbons (Fsp3) is 0.286. The van der Waals surface area contributed by atoms with Gasteiger partial charge in [0.1, 0.15) is 0 Å². The van der Waals surface area contributed by atoms with E-state index in [2.05, 4.69) is 5.32 Å². The second-order valence-electron chi connectivity index (χ2n) is 4.18. The zero-order chi connectivity index (χ0) is 14.4. The quantitative estimate of drug-likeness (QED) is 0.704.